The molecule has 0 saturated heterocycles. The largest absolute Gasteiger partial charge is 0.314 e. The van der Waals surface area contributed by atoms with E-state index in [2.05, 4.69) is 26.1 Å². The standard InChI is InChI=1S/C13H15BrN4O2S/c1-17(9-13-16-15-12-7-4-8-18(12)13)21(19,20)11-6-3-2-5-10(11)14/h2-3,5-6H,4,7-9H2,1H3. The molecule has 1 aliphatic heterocycles. The van der Waals surface area contributed by atoms with Crippen LogP contribution in [0.4, 0.5) is 0 Å². The summed E-state index contributed by atoms with van der Waals surface area (Å²) in [6.45, 7) is 1.08. The quantitative estimate of drug-likeness (QED) is 0.822. The Balaban J connectivity index is 1.88. The molecule has 0 saturated carbocycles. The molecule has 0 unspecified atom stereocenters. The van der Waals surface area contributed by atoms with Gasteiger partial charge in [-0.3, -0.25) is 0 Å². The third-order valence-electron chi connectivity index (χ3n) is 3.58. The van der Waals surface area contributed by atoms with Crippen molar-refractivity contribution in [1.29, 1.82) is 0 Å². The summed E-state index contributed by atoms with van der Waals surface area (Å²) in [5.74, 6) is 1.64. The molecule has 21 heavy (non-hydrogen) atoms. The lowest BCUT2D eigenvalue weighted by Gasteiger charge is -2.17. The molecule has 6 nitrogen and oxygen atoms in total. The van der Waals surface area contributed by atoms with Crippen LogP contribution < -0.4 is 0 Å². The zero-order chi connectivity index (χ0) is 15.0. The van der Waals surface area contributed by atoms with Gasteiger partial charge in [-0.1, -0.05) is 12.1 Å². The first-order chi connectivity index (χ1) is 10.00. The number of aryl methyl sites for hydroxylation is 1. The highest BCUT2D eigenvalue weighted by Crippen LogP contribution is 2.25. The number of sulfonamides is 1. The van der Waals surface area contributed by atoms with E-state index in [0.717, 1.165) is 25.2 Å². The van der Waals surface area contributed by atoms with E-state index in [-0.39, 0.29) is 11.4 Å². The van der Waals surface area contributed by atoms with E-state index < -0.39 is 10.0 Å². The lowest BCUT2D eigenvalue weighted by molar-refractivity contribution is 0.446. The van der Waals surface area contributed by atoms with Crippen molar-refractivity contribution in [2.45, 2.75) is 30.8 Å². The van der Waals surface area contributed by atoms with Crippen molar-refractivity contribution in [3.63, 3.8) is 0 Å². The fraction of sp³-hybridized carbons (Fsp3) is 0.385. The van der Waals surface area contributed by atoms with E-state index in [9.17, 15) is 8.42 Å². The third kappa shape index (κ3) is 2.63. The van der Waals surface area contributed by atoms with Crippen molar-refractivity contribution in [2.24, 2.45) is 0 Å². The molecular formula is C13H15BrN4O2S. The van der Waals surface area contributed by atoms with Gasteiger partial charge in [-0.25, -0.2) is 8.42 Å². The van der Waals surface area contributed by atoms with Crippen molar-refractivity contribution in [2.75, 3.05) is 7.05 Å². The Hall–Kier alpha value is -1.25. The monoisotopic (exact) mass is 370 g/mol. The third-order valence-corrected chi connectivity index (χ3v) is 6.39. The van der Waals surface area contributed by atoms with Crippen LogP contribution in [0, 0.1) is 0 Å². The van der Waals surface area contributed by atoms with Crippen LogP contribution in [0.25, 0.3) is 0 Å². The molecule has 1 aromatic carbocycles. The summed E-state index contributed by atoms with van der Waals surface area (Å²) < 4.78 is 29.1. The summed E-state index contributed by atoms with van der Waals surface area (Å²) in [6, 6.07) is 6.80. The van der Waals surface area contributed by atoms with Crippen LogP contribution in [0.2, 0.25) is 0 Å². The fourth-order valence-corrected chi connectivity index (χ4v) is 4.52. The molecule has 0 amide bonds. The number of rotatable bonds is 4. The van der Waals surface area contributed by atoms with Gasteiger partial charge in [0.25, 0.3) is 0 Å². The molecule has 3 rings (SSSR count). The van der Waals surface area contributed by atoms with E-state index >= 15 is 0 Å². The topological polar surface area (TPSA) is 68.1 Å². The number of hydrogen-bond donors (Lipinski definition) is 0. The molecule has 0 bridgehead atoms. The van der Waals surface area contributed by atoms with Crippen LogP contribution in [0.15, 0.2) is 33.6 Å². The number of halogens is 1. The Bertz CT molecular complexity index is 772. The summed E-state index contributed by atoms with van der Waals surface area (Å²) in [5, 5.41) is 8.21. The van der Waals surface area contributed by atoms with Crippen molar-refractivity contribution in [3.05, 3.63) is 40.4 Å². The average Bonchev–Trinajstić information content (AvgIpc) is 3.04. The van der Waals surface area contributed by atoms with E-state index in [1.165, 1.54) is 4.31 Å². The van der Waals surface area contributed by atoms with Gasteiger partial charge in [0.1, 0.15) is 11.6 Å². The van der Waals surface area contributed by atoms with E-state index in [4.69, 9.17) is 0 Å². The van der Waals surface area contributed by atoms with E-state index in [1.807, 2.05) is 4.57 Å². The Morgan fingerprint density at radius 1 is 1.33 bits per heavy atom. The molecule has 0 N–H and O–H groups in total. The smallest absolute Gasteiger partial charge is 0.244 e. The van der Waals surface area contributed by atoms with Crippen molar-refractivity contribution in [3.8, 4) is 0 Å². The molecule has 2 aromatic rings. The average molecular weight is 371 g/mol. The number of benzene rings is 1. The molecule has 2 heterocycles. The molecular weight excluding hydrogens is 356 g/mol. The van der Waals surface area contributed by atoms with Gasteiger partial charge in [0, 0.05) is 24.5 Å². The predicted octanol–water partition coefficient (Wildman–Crippen LogP) is 1.81. The highest BCUT2D eigenvalue weighted by molar-refractivity contribution is 9.10. The minimum atomic E-state index is -3.56. The molecule has 0 aliphatic carbocycles. The lowest BCUT2D eigenvalue weighted by atomic mass is 10.4. The van der Waals surface area contributed by atoms with Gasteiger partial charge < -0.3 is 4.57 Å². The van der Waals surface area contributed by atoms with Crippen LogP contribution in [0.3, 0.4) is 0 Å². The SMILES string of the molecule is CN(Cc1nnc2n1CCC2)S(=O)(=O)c1ccccc1Br. The Morgan fingerprint density at radius 2 is 2.10 bits per heavy atom. The minimum absolute atomic E-state index is 0.219. The van der Waals surface area contributed by atoms with Gasteiger partial charge in [0.15, 0.2) is 0 Å². The van der Waals surface area contributed by atoms with Crippen molar-refractivity contribution >= 4 is 26.0 Å². The summed E-state index contributed by atoms with van der Waals surface area (Å²) in [7, 11) is -2.00. The Kier molecular flexibility index (Phi) is 3.85. The van der Waals surface area contributed by atoms with Gasteiger partial charge in [-0.15, -0.1) is 10.2 Å². The summed E-state index contributed by atoms with van der Waals surface area (Å²) >= 11 is 3.29. The highest BCUT2D eigenvalue weighted by Gasteiger charge is 2.26. The number of aromatic nitrogens is 3. The Labute approximate surface area is 132 Å². The number of nitrogens with zero attached hydrogens (tertiary/aromatic N) is 4. The highest BCUT2D eigenvalue weighted by atomic mass is 79.9. The van der Waals surface area contributed by atoms with Crippen LogP contribution in [-0.2, 0) is 29.5 Å². The van der Waals surface area contributed by atoms with Gasteiger partial charge in [0.05, 0.1) is 11.4 Å². The number of hydrogen-bond acceptors (Lipinski definition) is 4. The molecule has 112 valence electrons. The summed E-state index contributed by atoms with van der Waals surface area (Å²) in [4.78, 5) is 0.258. The fourth-order valence-electron chi connectivity index (χ4n) is 2.43. The van der Waals surface area contributed by atoms with E-state index in [0.29, 0.717) is 10.3 Å². The normalized spacial score (nSPS) is 14.6. The molecule has 0 spiro atoms. The zero-order valence-corrected chi connectivity index (χ0v) is 13.9. The van der Waals surface area contributed by atoms with Crippen LogP contribution >= 0.6 is 15.9 Å². The summed E-state index contributed by atoms with van der Waals surface area (Å²) in [5.41, 5.74) is 0. The maximum Gasteiger partial charge on any atom is 0.244 e. The molecule has 0 radical (unpaired) electrons. The first kappa shape index (κ1) is 14.7. The zero-order valence-electron chi connectivity index (χ0n) is 11.5. The maximum absolute atomic E-state index is 12.6. The Morgan fingerprint density at radius 3 is 2.86 bits per heavy atom. The second-order valence-electron chi connectivity index (χ2n) is 4.98. The molecule has 1 aliphatic rings. The maximum atomic E-state index is 12.6. The summed E-state index contributed by atoms with van der Waals surface area (Å²) in [6.07, 6.45) is 1.95. The molecule has 8 heteroatoms. The van der Waals surface area contributed by atoms with Crippen LogP contribution in [0.5, 0.6) is 0 Å². The van der Waals surface area contributed by atoms with Gasteiger partial charge in [-0.2, -0.15) is 4.31 Å². The van der Waals surface area contributed by atoms with E-state index in [1.54, 1.807) is 31.3 Å². The minimum Gasteiger partial charge on any atom is -0.314 e. The second-order valence-corrected chi connectivity index (χ2v) is 7.85. The number of fused-ring (bicyclic) bond motifs is 1. The predicted molar refractivity (Wildman–Crippen MR) is 81.1 cm³/mol. The lowest BCUT2D eigenvalue weighted by Crippen LogP contribution is -2.28. The van der Waals surface area contributed by atoms with Crippen LogP contribution in [-0.4, -0.2) is 34.5 Å². The van der Waals surface area contributed by atoms with Crippen LogP contribution in [0.1, 0.15) is 18.1 Å². The molecule has 1 aromatic heterocycles. The van der Waals surface area contributed by atoms with Gasteiger partial charge in [0.2, 0.25) is 10.0 Å². The molecule has 0 fully saturated rings. The molecule has 0 atom stereocenters. The first-order valence-electron chi connectivity index (χ1n) is 6.62. The second kappa shape index (κ2) is 5.51. The van der Waals surface area contributed by atoms with Crippen molar-refractivity contribution in [1.82, 2.24) is 19.1 Å². The van der Waals surface area contributed by atoms with Gasteiger partial charge in [-0.05, 0) is 34.5 Å². The van der Waals surface area contributed by atoms with Crippen molar-refractivity contribution < 1.29 is 8.42 Å². The van der Waals surface area contributed by atoms with Gasteiger partial charge >= 0.3 is 0 Å². The first-order valence-corrected chi connectivity index (χ1v) is 8.85.